The minimum absolute atomic E-state index is 0.311. The summed E-state index contributed by atoms with van der Waals surface area (Å²) in [4.78, 5) is 1.06. The molecule has 0 aliphatic carbocycles. The summed E-state index contributed by atoms with van der Waals surface area (Å²) in [5.74, 6) is 0.596. The molecule has 0 radical (unpaired) electrons. The monoisotopic (exact) mass is 371 g/mol. The lowest BCUT2D eigenvalue weighted by molar-refractivity contribution is 0.289. The topological polar surface area (TPSA) is 21.3 Å². The van der Waals surface area contributed by atoms with E-state index in [4.69, 9.17) is 4.74 Å². The number of para-hydroxylation sites is 1. The molecule has 0 saturated carbocycles. The first-order valence-corrected chi connectivity index (χ1v) is 8.52. The molecule has 1 aromatic carbocycles. The number of ether oxygens (including phenoxy) is 1. The van der Waals surface area contributed by atoms with Gasteiger partial charge in [-0.05, 0) is 46.6 Å². The number of nitrogens with one attached hydrogen (secondary N) is 1. The van der Waals surface area contributed by atoms with Gasteiger partial charge in [0.2, 0.25) is 0 Å². The van der Waals surface area contributed by atoms with Crippen LogP contribution in [0.3, 0.4) is 0 Å². The Labute approximate surface area is 137 Å². The van der Waals surface area contributed by atoms with Gasteiger partial charge in [-0.15, -0.1) is 11.3 Å². The fraction of sp³-hybridized carbons (Fsp3) is 0.375. The summed E-state index contributed by atoms with van der Waals surface area (Å²) in [7, 11) is 0. The van der Waals surface area contributed by atoms with E-state index >= 15 is 0 Å². The van der Waals surface area contributed by atoms with E-state index in [-0.39, 0.29) is 5.82 Å². The van der Waals surface area contributed by atoms with Crippen molar-refractivity contribution >= 4 is 27.3 Å². The first-order valence-electron chi connectivity index (χ1n) is 6.91. The zero-order valence-corrected chi connectivity index (χ0v) is 14.6. The van der Waals surface area contributed by atoms with Gasteiger partial charge in [-0.2, -0.15) is 0 Å². The van der Waals surface area contributed by atoms with Crippen molar-refractivity contribution in [1.82, 2.24) is 5.32 Å². The molecular formula is C16H19BrFNOS. The molecule has 0 atom stereocenters. The lowest BCUT2D eigenvalue weighted by atomic mass is 10.1. The third kappa shape index (κ3) is 5.09. The Morgan fingerprint density at radius 2 is 2.10 bits per heavy atom. The Kier molecular flexibility index (Phi) is 6.21. The molecule has 0 aliphatic heterocycles. The molecule has 0 unspecified atom stereocenters. The smallest absolute Gasteiger partial charge is 0.165 e. The molecular weight excluding hydrogens is 353 g/mol. The van der Waals surface area contributed by atoms with Crippen LogP contribution in [0.5, 0.6) is 5.75 Å². The molecule has 0 amide bonds. The van der Waals surface area contributed by atoms with E-state index in [2.05, 4.69) is 35.1 Å². The number of hydrogen-bond donors (Lipinski definition) is 1. The van der Waals surface area contributed by atoms with E-state index in [1.165, 1.54) is 6.07 Å². The van der Waals surface area contributed by atoms with Crippen molar-refractivity contribution in [3.05, 3.63) is 50.4 Å². The zero-order valence-electron chi connectivity index (χ0n) is 12.2. The number of rotatable bonds is 7. The molecule has 0 saturated heterocycles. The highest BCUT2D eigenvalue weighted by Gasteiger charge is 2.10. The quantitative estimate of drug-likeness (QED) is 0.741. The third-order valence-electron chi connectivity index (χ3n) is 2.90. The third-order valence-corrected chi connectivity index (χ3v) is 4.50. The van der Waals surface area contributed by atoms with Crippen LogP contribution in [-0.2, 0) is 13.2 Å². The second-order valence-electron chi connectivity index (χ2n) is 5.25. The lowest BCUT2D eigenvalue weighted by Crippen LogP contribution is -2.19. The average molecular weight is 372 g/mol. The van der Waals surface area contributed by atoms with Crippen LogP contribution < -0.4 is 10.1 Å². The van der Waals surface area contributed by atoms with Crippen LogP contribution in [0.25, 0.3) is 0 Å². The number of halogens is 2. The summed E-state index contributed by atoms with van der Waals surface area (Å²) in [5, 5.41) is 3.32. The van der Waals surface area contributed by atoms with E-state index in [1.54, 1.807) is 17.4 Å². The van der Waals surface area contributed by atoms with Crippen molar-refractivity contribution in [3.63, 3.8) is 0 Å². The van der Waals surface area contributed by atoms with Crippen molar-refractivity contribution in [2.45, 2.75) is 27.0 Å². The zero-order chi connectivity index (χ0) is 15.2. The maximum atomic E-state index is 14.0. The van der Waals surface area contributed by atoms with Gasteiger partial charge in [0.15, 0.2) is 11.6 Å². The van der Waals surface area contributed by atoms with Crippen LogP contribution in [-0.4, -0.2) is 6.54 Å². The van der Waals surface area contributed by atoms with Crippen LogP contribution >= 0.6 is 27.3 Å². The highest BCUT2D eigenvalue weighted by atomic mass is 79.9. The van der Waals surface area contributed by atoms with Gasteiger partial charge in [0.05, 0.1) is 3.79 Å². The van der Waals surface area contributed by atoms with Gasteiger partial charge in [0, 0.05) is 17.0 Å². The van der Waals surface area contributed by atoms with Crippen LogP contribution in [0.1, 0.15) is 24.3 Å². The molecule has 2 nitrogen and oxygen atoms in total. The molecule has 21 heavy (non-hydrogen) atoms. The van der Waals surface area contributed by atoms with Gasteiger partial charge in [0.1, 0.15) is 6.61 Å². The molecule has 0 spiro atoms. The largest absolute Gasteiger partial charge is 0.485 e. The van der Waals surface area contributed by atoms with Crippen molar-refractivity contribution in [1.29, 1.82) is 0 Å². The van der Waals surface area contributed by atoms with E-state index in [0.29, 0.717) is 24.8 Å². The predicted octanol–water partition coefficient (Wildman–Crippen LogP) is 4.97. The average Bonchev–Trinajstić information content (AvgIpc) is 2.83. The van der Waals surface area contributed by atoms with Gasteiger partial charge in [-0.25, -0.2) is 4.39 Å². The maximum absolute atomic E-state index is 14.0. The first-order chi connectivity index (χ1) is 10.1. The summed E-state index contributed by atoms with van der Waals surface area (Å²) >= 11 is 5.01. The predicted molar refractivity (Wildman–Crippen MR) is 89.3 cm³/mol. The SMILES string of the molecule is CC(C)CNCc1cccc(F)c1OCc1ccc(Br)s1. The Hall–Kier alpha value is -0.910. The Bertz CT molecular complexity index is 585. The Balaban J connectivity index is 2.02. The van der Waals surface area contributed by atoms with Gasteiger partial charge in [-0.1, -0.05) is 26.0 Å². The second kappa shape index (κ2) is 7.92. The lowest BCUT2D eigenvalue weighted by Gasteiger charge is -2.13. The highest BCUT2D eigenvalue weighted by molar-refractivity contribution is 9.11. The Morgan fingerprint density at radius 3 is 2.76 bits per heavy atom. The normalized spacial score (nSPS) is 11.1. The second-order valence-corrected chi connectivity index (χ2v) is 7.79. The van der Waals surface area contributed by atoms with E-state index < -0.39 is 0 Å². The number of benzene rings is 1. The maximum Gasteiger partial charge on any atom is 0.165 e. The number of hydrogen-bond acceptors (Lipinski definition) is 3. The van der Waals surface area contributed by atoms with E-state index in [0.717, 1.165) is 20.8 Å². The van der Waals surface area contributed by atoms with Crippen LogP contribution in [0.4, 0.5) is 4.39 Å². The molecule has 114 valence electrons. The molecule has 0 fully saturated rings. The van der Waals surface area contributed by atoms with Gasteiger partial charge >= 0.3 is 0 Å². The van der Waals surface area contributed by atoms with Crippen LogP contribution in [0, 0.1) is 11.7 Å². The first kappa shape index (κ1) is 16.5. The van der Waals surface area contributed by atoms with Crippen molar-refractivity contribution in [2.75, 3.05) is 6.54 Å². The van der Waals surface area contributed by atoms with Crippen LogP contribution in [0.2, 0.25) is 0 Å². The summed E-state index contributed by atoms with van der Waals surface area (Å²) in [6, 6.07) is 9.00. The van der Waals surface area contributed by atoms with Gasteiger partial charge in [0.25, 0.3) is 0 Å². The summed E-state index contributed by atoms with van der Waals surface area (Å²) in [6.07, 6.45) is 0. The van der Waals surface area contributed by atoms with Crippen LogP contribution in [0.15, 0.2) is 34.1 Å². The summed E-state index contributed by atoms with van der Waals surface area (Å²) in [6.45, 7) is 6.18. The molecule has 0 bridgehead atoms. The fourth-order valence-corrected chi connectivity index (χ4v) is 3.32. The minimum Gasteiger partial charge on any atom is -0.485 e. The molecule has 1 N–H and O–H groups in total. The molecule has 2 rings (SSSR count). The Morgan fingerprint density at radius 1 is 1.29 bits per heavy atom. The van der Waals surface area contributed by atoms with E-state index in [9.17, 15) is 4.39 Å². The summed E-state index contributed by atoms with van der Waals surface area (Å²) < 4.78 is 20.7. The van der Waals surface area contributed by atoms with Gasteiger partial charge in [-0.3, -0.25) is 0 Å². The standard InChI is InChI=1S/C16H19BrFNOS/c1-11(2)8-19-9-12-4-3-5-14(18)16(12)20-10-13-6-7-15(17)21-13/h3-7,11,19H,8-10H2,1-2H3. The number of thiophene rings is 1. The van der Waals surface area contributed by atoms with Gasteiger partial charge < -0.3 is 10.1 Å². The molecule has 1 heterocycles. The molecule has 5 heteroatoms. The fourth-order valence-electron chi connectivity index (χ4n) is 1.92. The molecule has 2 aromatic rings. The van der Waals surface area contributed by atoms with Crippen molar-refractivity contribution < 1.29 is 9.13 Å². The van der Waals surface area contributed by atoms with Crippen molar-refractivity contribution in [2.24, 2.45) is 5.92 Å². The molecule has 0 aliphatic rings. The highest BCUT2D eigenvalue weighted by Crippen LogP contribution is 2.27. The van der Waals surface area contributed by atoms with E-state index in [1.807, 2.05) is 18.2 Å². The molecule has 1 aromatic heterocycles. The van der Waals surface area contributed by atoms with Crippen molar-refractivity contribution in [3.8, 4) is 5.75 Å². The minimum atomic E-state index is -0.311. The summed E-state index contributed by atoms with van der Waals surface area (Å²) in [5.41, 5.74) is 0.853.